The van der Waals surface area contributed by atoms with Crippen LogP contribution in [-0.4, -0.2) is 58.0 Å². The van der Waals surface area contributed by atoms with Crippen LogP contribution in [-0.2, 0) is 16.6 Å². The zero-order chi connectivity index (χ0) is 19.4. The molecular weight excluding hydrogens is 402 g/mol. The number of hydrogen-bond donors (Lipinski definition) is 1. The predicted molar refractivity (Wildman–Crippen MR) is 112 cm³/mol. The minimum Gasteiger partial charge on any atom is -0.497 e. The first-order chi connectivity index (χ1) is 12.9. The Hall–Kier alpha value is -2.00. The zero-order valence-electron chi connectivity index (χ0n) is 16.0. The number of benzene rings is 2. The Labute approximate surface area is 172 Å². The van der Waals surface area contributed by atoms with Gasteiger partial charge in [0.25, 0.3) is 0 Å². The molecule has 28 heavy (non-hydrogen) atoms. The van der Waals surface area contributed by atoms with Gasteiger partial charge < -0.3 is 15.2 Å². The highest BCUT2D eigenvalue weighted by atomic mass is 35.5. The molecule has 0 unspecified atom stereocenters. The van der Waals surface area contributed by atoms with Crippen LogP contribution in [0.15, 0.2) is 47.4 Å². The van der Waals surface area contributed by atoms with E-state index in [0.717, 1.165) is 17.8 Å². The van der Waals surface area contributed by atoms with Gasteiger partial charge in [-0.2, -0.15) is 4.31 Å². The molecule has 0 spiro atoms. The summed E-state index contributed by atoms with van der Waals surface area (Å²) in [5.74, 6) is 0.799. The molecule has 9 heteroatoms. The van der Waals surface area contributed by atoms with Crippen molar-refractivity contribution in [2.45, 2.75) is 11.4 Å². The van der Waals surface area contributed by atoms with Crippen LogP contribution in [0.1, 0.15) is 5.56 Å². The summed E-state index contributed by atoms with van der Waals surface area (Å²) in [5.41, 5.74) is 7.69. The van der Waals surface area contributed by atoms with Crippen LogP contribution in [0.2, 0.25) is 0 Å². The summed E-state index contributed by atoms with van der Waals surface area (Å²) < 4.78 is 38.1. The highest BCUT2D eigenvalue weighted by Crippen LogP contribution is 2.31. The van der Waals surface area contributed by atoms with Gasteiger partial charge >= 0.3 is 0 Å². The van der Waals surface area contributed by atoms with Crippen molar-refractivity contribution in [3.8, 4) is 11.5 Å². The SMILES string of the molecule is COc1ccc(OC)c(S(=O)(=O)N2CCN(Cc3cccc(N)c3)CC2)c1.Cl. The first-order valence-electron chi connectivity index (χ1n) is 8.73. The number of halogens is 1. The lowest BCUT2D eigenvalue weighted by molar-refractivity contribution is 0.181. The third kappa shape index (κ3) is 4.88. The second-order valence-electron chi connectivity index (χ2n) is 6.44. The molecule has 0 bridgehead atoms. The number of nitrogens with zero attached hydrogens (tertiary/aromatic N) is 2. The summed E-state index contributed by atoms with van der Waals surface area (Å²) in [4.78, 5) is 2.36. The van der Waals surface area contributed by atoms with E-state index in [1.165, 1.54) is 24.6 Å². The van der Waals surface area contributed by atoms with E-state index in [4.69, 9.17) is 15.2 Å². The zero-order valence-corrected chi connectivity index (χ0v) is 17.6. The Balaban J connectivity index is 0.00000280. The largest absolute Gasteiger partial charge is 0.497 e. The predicted octanol–water partition coefficient (Wildman–Crippen LogP) is 2.21. The first-order valence-corrected chi connectivity index (χ1v) is 10.2. The maximum absolute atomic E-state index is 13.1. The number of nitrogen functional groups attached to an aromatic ring is 1. The second-order valence-corrected chi connectivity index (χ2v) is 8.35. The topological polar surface area (TPSA) is 85.1 Å². The summed E-state index contributed by atoms with van der Waals surface area (Å²) in [7, 11) is -0.689. The van der Waals surface area contributed by atoms with Crippen molar-refractivity contribution < 1.29 is 17.9 Å². The first kappa shape index (κ1) is 22.3. The van der Waals surface area contributed by atoms with Crippen molar-refractivity contribution in [1.82, 2.24) is 9.21 Å². The number of ether oxygens (including phenoxy) is 2. The Morgan fingerprint density at radius 3 is 2.32 bits per heavy atom. The fourth-order valence-electron chi connectivity index (χ4n) is 3.20. The molecule has 0 aliphatic carbocycles. The fourth-order valence-corrected chi connectivity index (χ4v) is 4.80. The quantitative estimate of drug-likeness (QED) is 0.711. The van der Waals surface area contributed by atoms with Gasteiger partial charge in [-0.25, -0.2) is 8.42 Å². The molecule has 1 fully saturated rings. The normalized spacial score (nSPS) is 15.6. The molecule has 154 valence electrons. The molecule has 0 aromatic heterocycles. The molecule has 0 saturated carbocycles. The summed E-state index contributed by atoms with van der Waals surface area (Å²) in [5, 5.41) is 0. The minimum absolute atomic E-state index is 0. The van der Waals surface area contributed by atoms with Crippen LogP contribution >= 0.6 is 12.4 Å². The molecule has 1 saturated heterocycles. The molecule has 2 aromatic carbocycles. The third-order valence-electron chi connectivity index (χ3n) is 4.68. The molecule has 7 nitrogen and oxygen atoms in total. The average Bonchev–Trinajstić information content (AvgIpc) is 2.68. The van der Waals surface area contributed by atoms with Crippen molar-refractivity contribution in [3.63, 3.8) is 0 Å². The Bertz CT molecular complexity index is 900. The van der Waals surface area contributed by atoms with Gasteiger partial charge in [0.15, 0.2) is 0 Å². The number of piperazine rings is 1. The second kappa shape index (κ2) is 9.47. The van der Waals surface area contributed by atoms with E-state index in [0.29, 0.717) is 37.7 Å². The number of methoxy groups -OCH3 is 2. The molecule has 2 aromatic rings. The summed E-state index contributed by atoms with van der Waals surface area (Å²) in [6.07, 6.45) is 0. The van der Waals surface area contributed by atoms with Gasteiger partial charge in [0.05, 0.1) is 14.2 Å². The van der Waals surface area contributed by atoms with E-state index in [2.05, 4.69) is 4.90 Å². The number of nitrogens with two attached hydrogens (primary N) is 1. The lowest BCUT2D eigenvalue weighted by atomic mass is 10.2. The molecule has 1 aliphatic heterocycles. The molecule has 0 atom stereocenters. The van der Waals surface area contributed by atoms with E-state index in [9.17, 15) is 8.42 Å². The Morgan fingerprint density at radius 1 is 1.00 bits per heavy atom. The standard InChI is InChI=1S/C19H25N3O4S.ClH/c1-25-17-6-7-18(26-2)19(13-17)27(23,24)22-10-8-21(9-11-22)14-15-4-3-5-16(20)12-15;/h3-7,12-13H,8-11,14,20H2,1-2H3;1H. The summed E-state index contributed by atoms with van der Waals surface area (Å²) >= 11 is 0. The highest BCUT2D eigenvalue weighted by Gasteiger charge is 2.31. The number of sulfonamides is 1. The van der Waals surface area contributed by atoms with Crippen LogP contribution in [0, 0.1) is 0 Å². The van der Waals surface area contributed by atoms with E-state index in [-0.39, 0.29) is 17.3 Å². The third-order valence-corrected chi connectivity index (χ3v) is 6.60. The van der Waals surface area contributed by atoms with Crippen molar-refractivity contribution in [2.24, 2.45) is 0 Å². The van der Waals surface area contributed by atoms with Gasteiger partial charge in [0, 0.05) is 44.5 Å². The number of hydrogen-bond acceptors (Lipinski definition) is 6. The van der Waals surface area contributed by atoms with Gasteiger partial charge in [-0.15, -0.1) is 12.4 Å². The lowest BCUT2D eigenvalue weighted by Crippen LogP contribution is -2.48. The smallest absolute Gasteiger partial charge is 0.246 e. The van der Waals surface area contributed by atoms with Gasteiger partial charge in [0.2, 0.25) is 10.0 Å². The van der Waals surface area contributed by atoms with Crippen molar-refractivity contribution in [1.29, 1.82) is 0 Å². The molecule has 3 rings (SSSR count). The highest BCUT2D eigenvalue weighted by molar-refractivity contribution is 7.89. The van der Waals surface area contributed by atoms with Crippen LogP contribution in [0.25, 0.3) is 0 Å². The maximum atomic E-state index is 13.1. The minimum atomic E-state index is -3.66. The Kier molecular flexibility index (Phi) is 7.54. The lowest BCUT2D eigenvalue weighted by Gasteiger charge is -2.34. The number of anilines is 1. The van der Waals surface area contributed by atoms with Crippen LogP contribution in [0.3, 0.4) is 0 Å². The van der Waals surface area contributed by atoms with E-state index < -0.39 is 10.0 Å². The monoisotopic (exact) mass is 427 g/mol. The van der Waals surface area contributed by atoms with E-state index in [1.807, 2.05) is 24.3 Å². The summed E-state index contributed by atoms with van der Waals surface area (Å²) in [6, 6.07) is 12.6. The fraction of sp³-hybridized carbons (Fsp3) is 0.368. The van der Waals surface area contributed by atoms with Gasteiger partial charge in [0.1, 0.15) is 16.4 Å². The molecule has 0 radical (unpaired) electrons. The molecule has 0 amide bonds. The van der Waals surface area contributed by atoms with E-state index >= 15 is 0 Å². The van der Waals surface area contributed by atoms with Gasteiger partial charge in [-0.05, 0) is 29.8 Å². The maximum Gasteiger partial charge on any atom is 0.246 e. The molecule has 2 N–H and O–H groups in total. The molecular formula is C19H26ClN3O4S. The molecule has 1 aliphatic rings. The van der Waals surface area contributed by atoms with Gasteiger partial charge in [-0.3, -0.25) is 4.90 Å². The van der Waals surface area contributed by atoms with Crippen molar-refractivity contribution >= 4 is 28.1 Å². The van der Waals surface area contributed by atoms with E-state index in [1.54, 1.807) is 12.1 Å². The average molecular weight is 428 g/mol. The van der Waals surface area contributed by atoms with Crippen LogP contribution in [0.4, 0.5) is 5.69 Å². The molecule has 1 heterocycles. The van der Waals surface area contributed by atoms with Crippen molar-refractivity contribution in [3.05, 3.63) is 48.0 Å². The van der Waals surface area contributed by atoms with Gasteiger partial charge in [-0.1, -0.05) is 12.1 Å². The number of rotatable bonds is 6. The van der Waals surface area contributed by atoms with Crippen molar-refractivity contribution in [2.75, 3.05) is 46.1 Å². The van der Waals surface area contributed by atoms with Crippen LogP contribution in [0.5, 0.6) is 11.5 Å². The summed E-state index contributed by atoms with van der Waals surface area (Å²) in [6.45, 7) is 2.90. The Morgan fingerprint density at radius 2 is 1.71 bits per heavy atom. The van der Waals surface area contributed by atoms with Crippen LogP contribution < -0.4 is 15.2 Å².